The average molecular weight is 408 g/mol. The molecule has 0 saturated heterocycles. The van der Waals surface area contributed by atoms with Crippen LogP contribution in [0.15, 0.2) is 46.9 Å². The van der Waals surface area contributed by atoms with Crippen LogP contribution < -0.4 is 22.5 Å². The summed E-state index contributed by atoms with van der Waals surface area (Å²) in [6.45, 7) is 1.29. The predicted octanol–water partition coefficient (Wildman–Crippen LogP) is 0.333. The Bertz CT molecular complexity index is 956. The molecule has 1 aliphatic rings. The molecular weight excluding hydrogens is 389 g/mol. The summed E-state index contributed by atoms with van der Waals surface area (Å²) in [7, 11) is 1.34. The van der Waals surface area contributed by atoms with Gasteiger partial charge in [-0.15, -0.1) is 11.6 Å². The van der Waals surface area contributed by atoms with Gasteiger partial charge < -0.3 is 31.6 Å². The molecule has 7 heteroatoms. The third-order valence-electron chi connectivity index (χ3n) is 4.68. The first-order valence-corrected chi connectivity index (χ1v) is 8.99. The zero-order chi connectivity index (χ0) is 18.1. The fraction of sp³-hybridized carbons (Fsp3) is 0.250. The predicted molar refractivity (Wildman–Crippen MR) is 98.2 cm³/mol. The van der Waals surface area contributed by atoms with Crippen molar-refractivity contribution in [2.45, 2.75) is 12.5 Å². The number of rotatable bonds is 5. The number of alkyl halides is 1. The second kappa shape index (κ2) is 8.21. The van der Waals surface area contributed by atoms with Crippen LogP contribution in [0.1, 0.15) is 27.6 Å². The first-order valence-electron chi connectivity index (χ1n) is 8.46. The fourth-order valence-corrected chi connectivity index (χ4v) is 3.69. The third kappa shape index (κ3) is 3.63. The zero-order valence-corrected chi connectivity index (χ0v) is 16.2. The van der Waals surface area contributed by atoms with Crippen LogP contribution in [-0.2, 0) is 11.3 Å². The van der Waals surface area contributed by atoms with Crippen molar-refractivity contribution in [3.05, 3.63) is 59.4 Å². The minimum atomic E-state index is -0.506. The van der Waals surface area contributed by atoms with Gasteiger partial charge in [-0.25, -0.2) is 4.79 Å². The minimum absolute atomic E-state index is 0. The fourth-order valence-electron chi connectivity index (χ4n) is 3.41. The van der Waals surface area contributed by atoms with Crippen LogP contribution in [0.5, 0.6) is 5.75 Å². The number of hydrogen-bond donors (Lipinski definition) is 1. The van der Waals surface area contributed by atoms with E-state index in [1.165, 1.54) is 7.11 Å². The van der Waals surface area contributed by atoms with Crippen molar-refractivity contribution >= 4 is 34.2 Å². The molecule has 4 rings (SSSR count). The van der Waals surface area contributed by atoms with Crippen LogP contribution in [0.2, 0.25) is 0 Å². The van der Waals surface area contributed by atoms with Gasteiger partial charge >= 0.3 is 5.97 Å². The number of methoxy groups -OCH3 is 1. The summed E-state index contributed by atoms with van der Waals surface area (Å²) in [6, 6.07) is 13.6. The highest BCUT2D eigenvalue weighted by atomic mass is 35.5. The number of esters is 1. The van der Waals surface area contributed by atoms with Gasteiger partial charge in [-0.2, -0.15) is 0 Å². The zero-order valence-electron chi connectivity index (χ0n) is 14.7. The Morgan fingerprint density at radius 2 is 2.07 bits per heavy atom. The molecule has 1 aromatic heterocycles. The third-order valence-corrected chi connectivity index (χ3v) is 5.06. The maximum Gasteiger partial charge on any atom is 0.373 e. The molecule has 0 bridgehead atoms. The molecule has 27 heavy (non-hydrogen) atoms. The summed E-state index contributed by atoms with van der Waals surface area (Å²) in [4.78, 5) is 11.9. The van der Waals surface area contributed by atoms with E-state index in [-0.39, 0.29) is 24.1 Å². The van der Waals surface area contributed by atoms with E-state index in [2.05, 4.69) is 5.32 Å². The Morgan fingerprint density at radius 1 is 1.30 bits per heavy atom. The molecule has 142 valence electrons. The number of benzene rings is 2. The highest BCUT2D eigenvalue weighted by Crippen LogP contribution is 2.41. The van der Waals surface area contributed by atoms with Crippen molar-refractivity contribution in [1.29, 1.82) is 0 Å². The highest BCUT2D eigenvalue weighted by molar-refractivity contribution is 6.18. The van der Waals surface area contributed by atoms with Crippen LogP contribution >= 0.6 is 11.6 Å². The van der Waals surface area contributed by atoms with E-state index in [1.807, 2.05) is 36.4 Å². The summed E-state index contributed by atoms with van der Waals surface area (Å²) in [5.74, 6) is 1.00. The number of quaternary nitrogens is 1. The Labute approximate surface area is 168 Å². The maximum absolute atomic E-state index is 11.9. The Morgan fingerprint density at radius 3 is 2.78 bits per heavy atom. The van der Waals surface area contributed by atoms with Gasteiger partial charge in [0.05, 0.1) is 19.6 Å². The van der Waals surface area contributed by atoms with E-state index in [0.29, 0.717) is 23.8 Å². The van der Waals surface area contributed by atoms with Crippen LogP contribution in [0.4, 0.5) is 5.69 Å². The first-order chi connectivity index (χ1) is 12.7. The van der Waals surface area contributed by atoms with Gasteiger partial charge in [-0.05, 0) is 5.56 Å². The molecular formula is C20H19Cl2NO4. The first kappa shape index (κ1) is 19.5. The molecule has 5 nitrogen and oxygen atoms in total. The van der Waals surface area contributed by atoms with Crippen LogP contribution in [0.25, 0.3) is 11.0 Å². The summed E-state index contributed by atoms with van der Waals surface area (Å²) in [6.07, 6.45) is 0. The molecule has 1 atom stereocenters. The molecule has 0 saturated carbocycles. The van der Waals surface area contributed by atoms with Gasteiger partial charge in [-0.1, -0.05) is 30.3 Å². The van der Waals surface area contributed by atoms with Crippen molar-refractivity contribution in [2.24, 2.45) is 0 Å². The molecule has 0 unspecified atom stereocenters. The van der Waals surface area contributed by atoms with Gasteiger partial charge in [-0.3, -0.25) is 0 Å². The van der Waals surface area contributed by atoms with E-state index in [9.17, 15) is 4.79 Å². The molecule has 0 radical (unpaired) electrons. The van der Waals surface area contributed by atoms with Gasteiger partial charge in [0.15, 0.2) is 11.3 Å². The number of ether oxygens (including phenoxy) is 2. The monoisotopic (exact) mass is 407 g/mol. The van der Waals surface area contributed by atoms with Crippen molar-refractivity contribution in [1.82, 2.24) is 0 Å². The van der Waals surface area contributed by atoms with E-state index in [4.69, 9.17) is 25.5 Å². The SMILES string of the molecule is COC(=O)c1cc2c3c(cc(OCc4ccccc4)c2o1)[NH2+]C[C@@H]3CCl.[Cl-]. The smallest absolute Gasteiger partial charge is 0.373 e. The number of carbonyl (C=O) groups excluding carboxylic acids is 1. The molecule has 0 amide bonds. The highest BCUT2D eigenvalue weighted by Gasteiger charge is 2.32. The molecule has 2 N–H and O–H groups in total. The number of halogens is 2. The van der Waals surface area contributed by atoms with Crippen LogP contribution in [0, 0.1) is 0 Å². The van der Waals surface area contributed by atoms with E-state index < -0.39 is 5.97 Å². The van der Waals surface area contributed by atoms with Gasteiger partial charge in [0.25, 0.3) is 0 Å². The number of fused-ring (bicyclic) bond motifs is 3. The van der Waals surface area contributed by atoms with Crippen molar-refractivity contribution in [3.8, 4) is 5.75 Å². The van der Waals surface area contributed by atoms with E-state index >= 15 is 0 Å². The lowest BCUT2D eigenvalue weighted by Crippen LogP contribution is -3.00. The average Bonchev–Trinajstić information content (AvgIpc) is 3.30. The number of nitrogens with two attached hydrogens (primary N) is 1. The van der Waals surface area contributed by atoms with E-state index in [0.717, 1.165) is 28.7 Å². The minimum Gasteiger partial charge on any atom is -1.00 e. The van der Waals surface area contributed by atoms with Crippen LogP contribution in [0.3, 0.4) is 0 Å². The van der Waals surface area contributed by atoms with Gasteiger partial charge in [0.1, 0.15) is 12.3 Å². The Kier molecular flexibility index (Phi) is 5.95. The second-order valence-corrected chi connectivity index (χ2v) is 6.60. The van der Waals surface area contributed by atoms with Crippen molar-refractivity contribution in [3.63, 3.8) is 0 Å². The van der Waals surface area contributed by atoms with Gasteiger partial charge in [0, 0.05) is 29.0 Å². The normalized spacial score (nSPS) is 15.3. The Balaban J connectivity index is 0.00000210. The molecule has 3 aromatic rings. The summed E-state index contributed by atoms with van der Waals surface area (Å²) >= 11 is 6.14. The number of furan rings is 1. The molecule has 2 heterocycles. The Hall–Kier alpha value is -2.21. The van der Waals surface area contributed by atoms with Crippen LogP contribution in [-0.4, -0.2) is 25.5 Å². The molecule has 0 spiro atoms. The number of carbonyl (C=O) groups is 1. The topological polar surface area (TPSA) is 65.3 Å². The summed E-state index contributed by atoms with van der Waals surface area (Å²) < 4.78 is 16.6. The van der Waals surface area contributed by atoms with Gasteiger partial charge in [0.2, 0.25) is 5.76 Å². The molecule has 0 fully saturated rings. The molecule has 0 aliphatic carbocycles. The van der Waals surface area contributed by atoms with Crippen molar-refractivity contribution in [2.75, 3.05) is 19.5 Å². The molecule has 2 aromatic carbocycles. The summed E-state index contributed by atoms with van der Waals surface area (Å²) in [5, 5.41) is 3.02. The van der Waals surface area contributed by atoms with Crippen molar-refractivity contribution < 1.29 is 36.4 Å². The second-order valence-electron chi connectivity index (χ2n) is 6.29. The number of hydrogen-bond acceptors (Lipinski definition) is 4. The lowest BCUT2D eigenvalue weighted by atomic mass is 9.99. The lowest BCUT2D eigenvalue weighted by molar-refractivity contribution is -0.563. The quantitative estimate of drug-likeness (QED) is 0.376. The largest absolute Gasteiger partial charge is 1.00 e. The van der Waals surface area contributed by atoms with E-state index in [1.54, 1.807) is 6.07 Å². The maximum atomic E-state index is 11.9. The molecule has 1 aliphatic heterocycles. The lowest BCUT2D eigenvalue weighted by Gasteiger charge is -2.09. The summed E-state index contributed by atoms with van der Waals surface area (Å²) in [5.41, 5.74) is 3.82. The standard InChI is InChI=1S/C20H18ClNO4.ClH/c1-24-20(23)17-7-14-18-13(9-21)10-22-15(18)8-16(19(14)26-17)25-11-12-5-3-2-4-6-12;/h2-8,13,22H,9-11H2,1H3;1H/t13-;/m0./s1.